The van der Waals surface area contributed by atoms with E-state index in [9.17, 15) is 4.79 Å². The summed E-state index contributed by atoms with van der Waals surface area (Å²) in [6, 6.07) is 18.1. The van der Waals surface area contributed by atoms with E-state index in [1.807, 2.05) is 42.5 Å². The zero-order chi connectivity index (χ0) is 17.1. The van der Waals surface area contributed by atoms with Gasteiger partial charge in [-0.3, -0.25) is 4.79 Å². The predicted molar refractivity (Wildman–Crippen MR) is 98.0 cm³/mol. The van der Waals surface area contributed by atoms with Gasteiger partial charge in [0.1, 0.15) is 5.82 Å². The number of aromatic nitrogens is 2. The van der Waals surface area contributed by atoms with Crippen LogP contribution < -0.4 is 5.32 Å². The van der Waals surface area contributed by atoms with Gasteiger partial charge in [0, 0.05) is 31.3 Å². The van der Waals surface area contributed by atoms with Gasteiger partial charge in [-0.25, -0.2) is 4.98 Å². The average Bonchev–Trinajstić information content (AvgIpc) is 3.23. The van der Waals surface area contributed by atoms with Crippen LogP contribution in [0.3, 0.4) is 0 Å². The van der Waals surface area contributed by atoms with Crippen molar-refractivity contribution in [2.24, 2.45) is 0 Å². The van der Waals surface area contributed by atoms with Crippen molar-refractivity contribution in [3.63, 3.8) is 0 Å². The number of carbonyl (C=O) groups is 1. The van der Waals surface area contributed by atoms with Crippen LogP contribution in [0.15, 0.2) is 60.8 Å². The van der Waals surface area contributed by atoms with E-state index in [-0.39, 0.29) is 5.91 Å². The maximum Gasteiger partial charge on any atom is 0.224 e. The molecule has 1 N–H and O–H groups in total. The summed E-state index contributed by atoms with van der Waals surface area (Å²) >= 11 is 0. The monoisotopic (exact) mass is 331 g/mol. The Bertz CT molecular complexity index is 862. The fraction of sp³-hybridized carbons (Fsp3) is 0.238. The van der Waals surface area contributed by atoms with Crippen LogP contribution in [-0.2, 0) is 30.7 Å². The molecule has 0 saturated heterocycles. The lowest BCUT2D eigenvalue weighted by molar-refractivity contribution is -0.120. The first-order valence-electron chi connectivity index (χ1n) is 8.74. The third kappa shape index (κ3) is 3.63. The normalized spacial score (nSPS) is 12.8. The molecule has 2 heterocycles. The number of nitrogens with one attached hydrogen (secondary N) is 1. The molecule has 0 aliphatic carbocycles. The van der Waals surface area contributed by atoms with Crippen molar-refractivity contribution in [2.45, 2.75) is 32.4 Å². The molecule has 0 bridgehead atoms. The van der Waals surface area contributed by atoms with Crippen LogP contribution in [0.4, 0.5) is 0 Å². The minimum Gasteiger partial charge on any atom is -0.352 e. The van der Waals surface area contributed by atoms with Crippen LogP contribution in [0.5, 0.6) is 0 Å². The van der Waals surface area contributed by atoms with Crippen molar-refractivity contribution in [1.82, 2.24) is 14.9 Å². The highest BCUT2D eigenvalue weighted by Crippen LogP contribution is 2.23. The van der Waals surface area contributed by atoms with Gasteiger partial charge in [0.25, 0.3) is 0 Å². The van der Waals surface area contributed by atoms with E-state index in [0.29, 0.717) is 13.0 Å². The number of aryl methyl sites for hydroxylation is 2. The summed E-state index contributed by atoms with van der Waals surface area (Å²) in [4.78, 5) is 16.8. The molecule has 1 aromatic heterocycles. The molecule has 3 aromatic rings. The lowest BCUT2D eigenvalue weighted by Crippen LogP contribution is -2.24. The number of fused-ring (bicyclic) bond motifs is 1. The van der Waals surface area contributed by atoms with Crippen molar-refractivity contribution in [1.29, 1.82) is 0 Å². The number of hydrogen-bond donors (Lipinski definition) is 1. The van der Waals surface area contributed by atoms with Crippen LogP contribution in [0.25, 0.3) is 11.3 Å². The Kier molecular flexibility index (Phi) is 4.34. The van der Waals surface area contributed by atoms with Crippen molar-refractivity contribution in [3.05, 3.63) is 77.7 Å². The van der Waals surface area contributed by atoms with Gasteiger partial charge in [0.15, 0.2) is 0 Å². The number of benzene rings is 2. The highest BCUT2D eigenvalue weighted by atomic mass is 16.1. The number of nitrogens with zero attached hydrogens (tertiary/aromatic N) is 2. The predicted octanol–water partition coefficient (Wildman–Crippen LogP) is 3.36. The second kappa shape index (κ2) is 6.93. The summed E-state index contributed by atoms with van der Waals surface area (Å²) in [5.41, 5.74) is 4.25. The van der Waals surface area contributed by atoms with Crippen molar-refractivity contribution >= 4 is 5.91 Å². The Morgan fingerprint density at radius 1 is 1.08 bits per heavy atom. The van der Waals surface area contributed by atoms with E-state index >= 15 is 0 Å². The molecule has 4 heteroatoms. The van der Waals surface area contributed by atoms with Crippen LogP contribution >= 0.6 is 0 Å². The van der Waals surface area contributed by atoms with E-state index < -0.39 is 0 Å². The molecule has 1 aliphatic heterocycles. The first-order valence-corrected chi connectivity index (χ1v) is 8.74. The Morgan fingerprint density at radius 3 is 2.76 bits per heavy atom. The quantitative estimate of drug-likeness (QED) is 0.779. The number of carbonyl (C=O) groups excluding carboxylic acids is 1. The summed E-state index contributed by atoms with van der Waals surface area (Å²) in [7, 11) is 0. The molecular weight excluding hydrogens is 310 g/mol. The number of hydrogen-bond acceptors (Lipinski definition) is 2. The van der Waals surface area contributed by atoms with Crippen LogP contribution in [0.1, 0.15) is 23.4 Å². The molecule has 1 amide bonds. The van der Waals surface area contributed by atoms with Crippen molar-refractivity contribution in [2.75, 3.05) is 0 Å². The third-order valence-corrected chi connectivity index (χ3v) is 4.58. The van der Waals surface area contributed by atoms with Gasteiger partial charge >= 0.3 is 0 Å². The van der Waals surface area contributed by atoms with Gasteiger partial charge in [-0.15, -0.1) is 0 Å². The SMILES string of the molecule is O=C(Cc1ccccc1)NCc1cccc(-c2cn3c(n2)CCC3)c1. The highest BCUT2D eigenvalue weighted by molar-refractivity contribution is 5.78. The van der Waals surface area contributed by atoms with Crippen molar-refractivity contribution < 1.29 is 4.79 Å². The summed E-state index contributed by atoms with van der Waals surface area (Å²) < 4.78 is 2.24. The van der Waals surface area contributed by atoms with Gasteiger partial charge in [-0.05, 0) is 23.6 Å². The van der Waals surface area contributed by atoms with Crippen LogP contribution in [0, 0.1) is 0 Å². The van der Waals surface area contributed by atoms with Gasteiger partial charge in [-0.1, -0.05) is 48.5 Å². The highest BCUT2D eigenvalue weighted by Gasteiger charge is 2.14. The zero-order valence-electron chi connectivity index (χ0n) is 14.1. The van der Waals surface area contributed by atoms with Crippen LogP contribution in [-0.4, -0.2) is 15.5 Å². The molecule has 0 spiro atoms. The Morgan fingerprint density at radius 2 is 1.92 bits per heavy atom. The lowest BCUT2D eigenvalue weighted by Gasteiger charge is -2.07. The molecule has 0 saturated carbocycles. The Balaban J connectivity index is 1.40. The van der Waals surface area contributed by atoms with E-state index in [2.05, 4.69) is 28.2 Å². The molecule has 25 heavy (non-hydrogen) atoms. The topological polar surface area (TPSA) is 46.9 Å². The fourth-order valence-corrected chi connectivity index (χ4v) is 3.28. The minimum atomic E-state index is 0.0394. The largest absolute Gasteiger partial charge is 0.352 e. The van der Waals surface area contributed by atoms with Crippen LogP contribution in [0.2, 0.25) is 0 Å². The number of rotatable bonds is 5. The lowest BCUT2D eigenvalue weighted by atomic mass is 10.1. The first-order chi connectivity index (χ1) is 12.3. The van der Waals surface area contributed by atoms with E-state index in [0.717, 1.165) is 35.3 Å². The van der Waals surface area contributed by atoms with E-state index in [4.69, 9.17) is 4.98 Å². The summed E-state index contributed by atoms with van der Waals surface area (Å²) in [5.74, 6) is 1.22. The van der Waals surface area contributed by atoms with Crippen molar-refractivity contribution in [3.8, 4) is 11.3 Å². The third-order valence-electron chi connectivity index (χ3n) is 4.58. The molecular formula is C21H21N3O. The second-order valence-corrected chi connectivity index (χ2v) is 6.48. The minimum absolute atomic E-state index is 0.0394. The van der Waals surface area contributed by atoms with Gasteiger partial charge in [0.05, 0.1) is 12.1 Å². The summed E-state index contributed by atoms with van der Waals surface area (Å²) in [5, 5.41) is 3.00. The zero-order valence-corrected chi connectivity index (χ0v) is 14.1. The average molecular weight is 331 g/mol. The number of imidazole rings is 1. The van der Waals surface area contributed by atoms with Gasteiger partial charge in [-0.2, -0.15) is 0 Å². The smallest absolute Gasteiger partial charge is 0.224 e. The molecule has 4 nitrogen and oxygen atoms in total. The first kappa shape index (κ1) is 15.6. The second-order valence-electron chi connectivity index (χ2n) is 6.48. The van der Waals surface area contributed by atoms with E-state index in [1.165, 1.54) is 12.2 Å². The molecule has 4 rings (SSSR count). The van der Waals surface area contributed by atoms with Gasteiger partial charge in [0.2, 0.25) is 5.91 Å². The molecule has 0 unspecified atom stereocenters. The number of amides is 1. The molecule has 126 valence electrons. The Hall–Kier alpha value is -2.88. The van der Waals surface area contributed by atoms with E-state index in [1.54, 1.807) is 0 Å². The maximum absolute atomic E-state index is 12.1. The fourth-order valence-electron chi connectivity index (χ4n) is 3.28. The molecule has 1 aliphatic rings. The molecule has 0 atom stereocenters. The standard InChI is InChI=1S/C21H21N3O/c25-21(13-16-6-2-1-3-7-16)22-14-17-8-4-9-18(12-17)19-15-24-11-5-10-20(24)23-19/h1-4,6-9,12,15H,5,10-11,13-14H2,(H,22,25). The Labute approximate surface area is 147 Å². The summed E-state index contributed by atoms with van der Waals surface area (Å²) in [6.45, 7) is 1.60. The molecule has 0 fully saturated rings. The maximum atomic E-state index is 12.1. The molecule has 0 radical (unpaired) electrons. The molecule has 2 aromatic carbocycles. The summed E-state index contributed by atoms with van der Waals surface area (Å²) in [6.07, 6.45) is 4.80. The van der Waals surface area contributed by atoms with Gasteiger partial charge < -0.3 is 9.88 Å².